The number of pyridine rings is 1. The van der Waals surface area contributed by atoms with Gasteiger partial charge in [-0.25, -0.2) is 0 Å². The second kappa shape index (κ2) is 9.11. The van der Waals surface area contributed by atoms with Crippen molar-refractivity contribution in [3.63, 3.8) is 0 Å². The number of benzene rings is 1. The van der Waals surface area contributed by atoms with E-state index in [1.54, 1.807) is 31.1 Å². The fraction of sp³-hybridized carbons (Fsp3) is 0.375. The van der Waals surface area contributed by atoms with Crippen molar-refractivity contribution in [3.05, 3.63) is 71.3 Å². The molecule has 6 heteroatoms. The molecule has 1 atom stereocenters. The normalized spacial score (nSPS) is 16.5. The van der Waals surface area contributed by atoms with Crippen LogP contribution in [0.15, 0.2) is 60.1 Å². The van der Waals surface area contributed by atoms with Gasteiger partial charge in [0.25, 0.3) is 5.91 Å². The van der Waals surface area contributed by atoms with Crippen molar-refractivity contribution in [2.24, 2.45) is 5.92 Å². The quantitative estimate of drug-likeness (QED) is 0.715. The number of aliphatic hydroxyl groups is 1. The first-order chi connectivity index (χ1) is 14.4. The lowest BCUT2D eigenvalue weighted by Gasteiger charge is -2.28. The molecule has 1 aromatic heterocycles. The maximum Gasteiger partial charge on any atom is 0.290 e. The largest absolute Gasteiger partial charge is 0.503 e. The van der Waals surface area contributed by atoms with Gasteiger partial charge in [0, 0.05) is 43.6 Å². The van der Waals surface area contributed by atoms with Gasteiger partial charge in [0.1, 0.15) is 0 Å². The van der Waals surface area contributed by atoms with Gasteiger partial charge >= 0.3 is 0 Å². The number of aromatic nitrogens is 1. The molecular formula is C24H29N3O3. The van der Waals surface area contributed by atoms with Gasteiger partial charge in [0.2, 0.25) is 0 Å². The summed E-state index contributed by atoms with van der Waals surface area (Å²) in [6, 6.07) is 10.9. The first kappa shape index (κ1) is 21.6. The lowest BCUT2D eigenvalue weighted by Crippen LogP contribution is -2.31. The number of Topliss-reactive ketones (excluding diaryl/α,β-unsaturated/α-hetero) is 1. The van der Waals surface area contributed by atoms with E-state index in [4.69, 9.17) is 0 Å². The monoisotopic (exact) mass is 407 g/mol. The lowest BCUT2D eigenvalue weighted by atomic mass is 9.91. The van der Waals surface area contributed by atoms with E-state index in [-0.39, 0.29) is 23.8 Å². The van der Waals surface area contributed by atoms with Crippen LogP contribution in [0.5, 0.6) is 0 Å². The predicted molar refractivity (Wildman–Crippen MR) is 117 cm³/mol. The molecule has 1 aromatic carbocycles. The Bertz CT molecular complexity index is 932. The first-order valence-electron chi connectivity index (χ1n) is 10.4. The van der Waals surface area contributed by atoms with E-state index in [2.05, 4.69) is 23.7 Å². The summed E-state index contributed by atoms with van der Waals surface area (Å²) in [5.74, 6) is -1.50. The number of carbonyl (C=O) groups excluding carboxylic acids is 2. The number of ketones is 1. The number of anilines is 1. The van der Waals surface area contributed by atoms with E-state index < -0.39 is 17.7 Å². The third kappa shape index (κ3) is 4.08. The van der Waals surface area contributed by atoms with Crippen molar-refractivity contribution in [2.75, 3.05) is 18.0 Å². The molecule has 1 N–H and O–H groups in total. The average Bonchev–Trinajstić information content (AvgIpc) is 3.00. The van der Waals surface area contributed by atoms with E-state index in [9.17, 15) is 14.7 Å². The van der Waals surface area contributed by atoms with Crippen LogP contribution in [0, 0.1) is 5.92 Å². The Kier molecular flexibility index (Phi) is 6.55. The van der Waals surface area contributed by atoms with Gasteiger partial charge in [0.05, 0.1) is 11.6 Å². The highest BCUT2D eigenvalue weighted by atomic mass is 16.3. The van der Waals surface area contributed by atoms with Crippen molar-refractivity contribution in [2.45, 2.75) is 40.3 Å². The zero-order chi connectivity index (χ0) is 21.8. The maximum atomic E-state index is 12.9. The smallest absolute Gasteiger partial charge is 0.290 e. The molecule has 2 aromatic rings. The Morgan fingerprint density at radius 1 is 1.10 bits per heavy atom. The van der Waals surface area contributed by atoms with Crippen molar-refractivity contribution >= 4 is 17.4 Å². The van der Waals surface area contributed by atoms with Crippen LogP contribution < -0.4 is 4.90 Å². The molecule has 158 valence electrons. The van der Waals surface area contributed by atoms with Gasteiger partial charge < -0.3 is 14.9 Å². The third-order valence-corrected chi connectivity index (χ3v) is 5.53. The molecule has 0 fully saturated rings. The molecule has 1 amide bonds. The molecule has 1 aliphatic rings. The van der Waals surface area contributed by atoms with E-state index >= 15 is 0 Å². The zero-order valence-electron chi connectivity index (χ0n) is 18.0. The molecule has 0 aliphatic carbocycles. The molecule has 1 aliphatic heterocycles. The Morgan fingerprint density at radius 2 is 1.70 bits per heavy atom. The molecule has 0 saturated carbocycles. The van der Waals surface area contributed by atoms with Crippen molar-refractivity contribution in [1.29, 1.82) is 0 Å². The summed E-state index contributed by atoms with van der Waals surface area (Å²) in [7, 11) is 0. The number of nitrogens with zero attached hydrogens (tertiary/aromatic N) is 3. The van der Waals surface area contributed by atoms with Gasteiger partial charge in [0.15, 0.2) is 11.5 Å². The van der Waals surface area contributed by atoms with Crippen LogP contribution in [0.2, 0.25) is 0 Å². The Labute approximate surface area is 177 Å². The van der Waals surface area contributed by atoms with Gasteiger partial charge in [-0.2, -0.15) is 0 Å². The molecule has 0 saturated heterocycles. The summed E-state index contributed by atoms with van der Waals surface area (Å²) in [5.41, 5.74) is 2.95. The second-order valence-corrected chi connectivity index (χ2v) is 7.74. The fourth-order valence-electron chi connectivity index (χ4n) is 3.87. The first-order valence-corrected chi connectivity index (χ1v) is 10.4. The highest BCUT2D eigenvalue weighted by Gasteiger charge is 2.43. The number of carbonyl (C=O) groups is 2. The predicted octanol–water partition coefficient (Wildman–Crippen LogP) is 4.05. The summed E-state index contributed by atoms with van der Waals surface area (Å²) in [6.07, 6.45) is 3.33. The topological polar surface area (TPSA) is 73.7 Å². The standard InChI is InChI=1S/C24H29N3O3/c1-5-26(6-2)19-9-7-18(8-10-19)21-20(22(28)16(3)4)23(29)24(30)27(21)15-17-11-13-25-14-12-17/h7-14,16,21,29H,5-6,15H2,1-4H3. The van der Waals surface area contributed by atoms with Gasteiger partial charge in [-0.3, -0.25) is 14.6 Å². The van der Waals surface area contributed by atoms with Gasteiger partial charge in [-0.05, 0) is 49.2 Å². The molecule has 30 heavy (non-hydrogen) atoms. The molecule has 3 rings (SSSR count). The Balaban J connectivity index is 2.03. The minimum atomic E-state index is -0.619. The van der Waals surface area contributed by atoms with Crippen LogP contribution in [0.4, 0.5) is 5.69 Å². The summed E-state index contributed by atoms with van der Waals surface area (Å²) >= 11 is 0. The summed E-state index contributed by atoms with van der Waals surface area (Å²) < 4.78 is 0. The number of rotatable bonds is 8. The van der Waals surface area contributed by atoms with Crippen LogP contribution in [-0.2, 0) is 16.1 Å². The Morgan fingerprint density at radius 3 is 2.23 bits per heavy atom. The van der Waals surface area contributed by atoms with Gasteiger partial charge in [-0.15, -0.1) is 0 Å². The maximum absolute atomic E-state index is 12.9. The van der Waals surface area contributed by atoms with Crippen LogP contribution in [0.3, 0.4) is 0 Å². The molecule has 6 nitrogen and oxygen atoms in total. The minimum Gasteiger partial charge on any atom is -0.503 e. The molecule has 0 spiro atoms. The summed E-state index contributed by atoms with van der Waals surface area (Å²) in [4.78, 5) is 33.7. The van der Waals surface area contributed by atoms with E-state index in [0.717, 1.165) is 29.9 Å². The number of hydrogen-bond donors (Lipinski definition) is 1. The van der Waals surface area contributed by atoms with E-state index in [1.807, 2.05) is 36.4 Å². The second-order valence-electron chi connectivity index (χ2n) is 7.74. The van der Waals surface area contributed by atoms with E-state index in [0.29, 0.717) is 0 Å². The molecule has 0 radical (unpaired) electrons. The summed E-state index contributed by atoms with van der Waals surface area (Å²) in [5, 5.41) is 10.6. The van der Waals surface area contributed by atoms with Crippen LogP contribution in [0.1, 0.15) is 44.9 Å². The number of amides is 1. The summed E-state index contributed by atoms with van der Waals surface area (Å²) in [6.45, 7) is 9.82. The number of aliphatic hydroxyl groups excluding tert-OH is 1. The average molecular weight is 408 g/mol. The zero-order valence-corrected chi connectivity index (χ0v) is 18.0. The molecule has 0 bridgehead atoms. The lowest BCUT2D eigenvalue weighted by molar-refractivity contribution is -0.130. The van der Waals surface area contributed by atoms with Crippen LogP contribution in [-0.4, -0.2) is 39.8 Å². The highest BCUT2D eigenvalue weighted by Crippen LogP contribution is 2.40. The third-order valence-electron chi connectivity index (χ3n) is 5.53. The van der Waals surface area contributed by atoms with Crippen molar-refractivity contribution in [1.82, 2.24) is 9.88 Å². The van der Waals surface area contributed by atoms with Crippen molar-refractivity contribution in [3.8, 4) is 0 Å². The highest BCUT2D eigenvalue weighted by molar-refractivity contribution is 6.09. The molecular weight excluding hydrogens is 378 g/mol. The molecule has 1 unspecified atom stereocenters. The molecule has 2 heterocycles. The Hall–Kier alpha value is -3.15. The SMILES string of the molecule is CCN(CC)c1ccc(C2C(C(=O)C(C)C)=C(O)C(=O)N2Cc2ccncc2)cc1. The van der Waals surface area contributed by atoms with Gasteiger partial charge in [-0.1, -0.05) is 26.0 Å². The fourth-order valence-corrected chi connectivity index (χ4v) is 3.87. The minimum absolute atomic E-state index is 0.180. The van der Waals surface area contributed by atoms with E-state index in [1.165, 1.54) is 0 Å². The van der Waals surface area contributed by atoms with Crippen LogP contribution >= 0.6 is 0 Å². The van der Waals surface area contributed by atoms with Crippen molar-refractivity contribution < 1.29 is 14.7 Å². The van der Waals surface area contributed by atoms with Crippen LogP contribution in [0.25, 0.3) is 0 Å². The number of hydrogen-bond acceptors (Lipinski definition) is 5.